The Morgan fingerprint density at radius 2 is 1.40 bits per heavy atom. The summed E-state index contributed by atoms with van der Waals surface area (Å²) in [4.78, 5) is 12.2. The molecule has 8 heteroatoms. The number of thioether (sulfide) groups is 1. The molecular weight excluding hydrogens is 484 g/mol. The van der Waals surface area contributed by atoms with Crippen molar-refractivity contribution in [3.05, 3.63) is 89.5 Å². The van der Waals surface area contributed by atoms with Gasteiger partial charge in [-0.1, -0.05) is 36.4 Å². The Hall–Kier alpha value is -2.97. The van der Waals surface area contributed by atoms with E-state index >= 15 is 0 Å². The van der Waals surface area contributed by atoms with Gasteiger partial charge in [0.2, 0.25) is 0 Å². The fourth-order valence-electron chi connectivity index (χ4n) is 3.41. The first-order valence-corrected chi connectivity index (χ1v) is 14.1. The molecule has 3 aromatic carbocycles. The van der Waals surface area contributed by atoms with Gasteiger partial charge < -0.3 is 14.0 Å². The Bertz CT molecular complexity index is 1190. The number of aromatic hydroxyl groups is 1. The van der Waals surface area contributed by atoms with Crippen molar-refractivity contribution in [1.29, 1.82) is 0 Å². The number of rotatable bonds is 13. The lowest BCUT2D eigenvalue weighted by Gasteiger charge is -2.14. The van der Waals surface area contributed by atoms with E-state index in [4.69, 9.17) is 8.92 Å². The minimum Gasteiger partial charge on any atom is -0.508 e. The van der Waals surface area contributed by atoms with Crippen LogP contribution in [0, 0.1) is 0 Å². The number of hydrogen-bond donors (Lipinski definition) is 1. The third-order valence-electron chi connectivity index (χ3n) is 5.27. The van der Waals surface area contributed by atoms with Crippen molar-refractivity contribution in [1.82, 2.24) is 0 Å². The van der Waals surface area contributed by atoms with Crippen LogP contribution in [-0.2, 0) is 34.2 Å². The Labute approximate surface area is 211 Å². The normalized spacial score (nSPS) is 12.2. The van der Waals surface area contributed by atoms with Crippen molar-refractivity contribution in [2.45, 2.75) is 31.4 Å². The maximum absolute atomic E-state index is 12.2. The molecule has 0 aromatic heterocycles. The Kier molecular flexibility index (Phi) is 9.63. The summed E-state index contributed by atoms with van der Waals surface area (Å²) in [6.45, 7) is 2.12. The zero-order valence-electron chi connectivity index (χ0n) is 19.8. The number of benzene rings is 3. The largest absolute Gasteiger partial charge is 0.508 e. The van der Waals surface area contributed by atoms with E-state index in [0.717, 1.165) is 41.5 Å². The van der Waals surface area contributed by atoms with Crippen LogP contribution in [0.5, 0.6) is 17.2 Å². The minimum absolute atomic E-state index is 0.0871. The van der Waals surface area contributed by atoms with Gasteiger partial charge in [-0.05, 0) is 78.6 Å². The highest BCUT2D eigenvalue weighted by Crippen LogP contribution is 2.21. The summed E-state index contributed by atoms with van der Waals surface area (Å²) in [5, 5.41) is 9.30. The van der Waals surface area contributed by atoms with E-state index < -0.39 is 10.1 Å². The molecule has 0 bridgehead atoms. The van der Waals surface area contributed by atoms with Gasteiger partial charge in [0.25, 0.3) is 0 Å². The van der Waals surface area contributed by atoms with Crippen LogP contribution < -0.4 is 8.92 Å². The van der Waals surface area contributed by atoms with Crippen LogP contribution >= 0.6 is 11.8 Å². The molecule has 0 aliphatic heterocycles. The second kappa shape index (κ2) is 12.7. The number of aryl methyl sites for hydroxylation is 1. The molecule has 3 rings (SSSR count). The first-order chi connectivity index (χ1) is 16.7. The molecule has 0 amide bonds. The molecular formula is C27H30O6S2. The van der Waals surface area contributed by atoms with Crippen LogP contribution in [0.25, 0.3) is 0 Å². The Morgan fingerprint density at radius 3 is 2.00 bits per heavy atom. The van der Waals surface area contributed by atoms with Gasteiger partial charge in [-0.25, -0.2) is 0 Å². The van der Waals surface area contributed by atoms with E-state index in [2.05, 4.69) is 24.3 Å². The molecule has 0 heterocycles. The predicted molar refractivity (Wildman–Crippen MR) is 140 cm³/mol. The van der Waals surface area contributed by atoms with Crippen LogP contribution in [0.3, 0.4) is 0 Å². The summed E-state index contributed by atoms with van der Waals surface area (Å²) in [5.74, 6) is 2.15. The van der Waals surface area contributed by atoms with Crippen LogP contribution in [0.1, 0.15) is 23.6 Å². The van der Waals surface area contributed by atoms with E-state index in [1.54, 1.807) is 55.1 Å². The van der Waals surface area contributed by atoms with Gasteiger partial charge in [-0.2, -0.15) is 8.42 Å². The second-order valence-corrected chi connectivity index (χ2v) is 11.2. The van der Waals surface area contributed by atoms with Crippen LogP contribution in [0.4, 0.5) is 0 Å². The van der Waals surface area contributed by atoms with Gasteiger partial charge in [0.05, 0.1) is 18.1 Å². The SMILES string of the molecule is CC(=O)C(Cc1ccc(CCOc2ccc(OS(C)(=O)=O)cc2)cc1)SCCc1ccc(O)cc1. The average molecular weight is 515 g/mol. The maximum atomic E-state index is 12.2. The zero-order chi connectivity index (χ0) is 25.3. The highest BCUT2D eigenvalue weighted by molar-refractivity contribution is 8.00. The van der Waals surface area contributed by atoms with Crippen LogP contribution in [-0.4, -0.2) is 43.2 Å². The molecule has 0 radical (unpaired) electrons. The molecule has 1 unspecified atom stereocenters. The fraction of sp³-hybridized carbons (Fsp3) is 0.296. The van der Waals surface area contributed by atoms with Gasteiger partial charge in [-0.15, -0.1) is 11.8 Å². The van der Waals surface area contributed by atoms with E-state index in [9.17, 15) is 18.3 Å². The van der Waals surface area contributed by atoms with E-state index in [1.807, 2.05) is 12.1 Å². The summed E-state index contributed by atoms with van der Waals surface area (Å²) in [6.07, 6.45) is 3.26. The van der Waals surface area contributed by atoms with Crippen molar-refractivity contribution in [2.24, 2.45) is 0 Å². The highest BCUT2D eigenvalue weighted by Gasteiger charge is 2.15. The van der Waals surface area contributed by atoms with Crippen molar-refractivity contribution in [3.63, 3.8) is 0 Å². The summed E-state index contributed by atoms with van der Waals surface area (Å²) < 4.78 is 32.9. The first-order valence-electron chi connectivity index (χ1n) is 11.3. The number of carbonyl (C=O) groups excluding carboxylic acids is 1. The molecule has 0 saturated heterocycles. The number of hydrogen-bond acceptors (Lipinski definition) is 7. The maximum Gasteiger partial charge on any atom is 0.306 e. The topological polar surface area (TPSA) is 89.9 Å². The number of ketones is 1. The third-order valence-corrected chi connectivity index (χ3v) is 7.11. The summed E-state index contributed by atoms with van der Waals surface area (Å²) in [5.41, 5.74) is 3.39. The zero-order valence-corrected chi connectivity index (χ0v) is 21.5. The predicted octanol–water partition coefficient (Wildman–Crippen LogP) is 4.83. The smallest absolute Gasteiger partial charge is 0.306 e. The van der Waals surface area contributed by atoms with Crippen molar-refractivity contribution in [3.8, 4) is 17.2 Å². The summed E-state index contributed by atoms with van der Waals surface area (Å²) >= 11 is 1.67. The van der Waals surface area contributed by atoms with Crippen molar-refractivity contribution >= 4 is 27.7 Å². The van der Waals surface area contributed by atoms with E-state index in [1.165, 1.54) is 0 Å². The monoisotopic (exact) mass is 514 g/mol. The van der Waals surface area contributed by atoms with Gasteiger partial charge >= 0.3 is 10.1 Å². The van der Waals surface area contributed by atoms with Gasteiger partial charge in [0.15, 0.2) is 0 Å². The number of ether oxygens (including phenoxy) is 1. The number of Topliss-reactive ketones (excluding diaryl/α,β-unsaturated/α-hetero) is 1. The molecule has 1 N–H and O–H groups in total. The quantitative estimate of drug-likeness (QED) is 0.327. The molecule has 6 nitrogen and oxygen atoms in total. The molecule has 0 spiro atoms. The Morgan fingerprint density at radius 1 is 0.857 bits per heavy atom. The van der Waals surface area contributed by atoms with Crippen LogP contribution in [0.15, 0.2) is 72.8 Å². The molecule has 0 aliphatic carbocycles. The summed E-state index contributed by atoms with van der Waals surface area (Å²) in [6, 6.07) is 21.9. The minimum atomic E-state index is -3.55. The number of phenols is 1. The van der Waals surface area contributed by atoms with Crippen LogP contribution in [0.2, 0.25) is 0 Å². The molecule has 0 fully saturated rings. The third kappa shape index (κ3) is 9.66. The lowest BCUT2D eigenvalue weighted by Crippen LogP contribution is -2.18. The Balaban J connectivity index is 1.43. The lowest BCUT2D eigenvalue weighted by atomic mass is 10.0. The van der Waals surface area contributed by atoms with Crippen molar-refractivity contribution < 1.29 is 27.2 Å². The molecule has 0 saturated carbocycles. The summed E-state index contributed by atoms with van der Waals surface area (Å²) in [7, 11) is -3.55. The second-order valence-electron chi connectivity index (χ2n) is 8.26. The van der Waals surface area contributed by atoms with E-state index in [-0.39, 0.29) is 22.5 Å². The first kappa shape index (κ1) is 26.6. The van der Waals surface area contributed by atoms with Crippen molar-refractivity contribution in [2.75, 3.05) is 18.6 Å². The van der Waals surface area contributed by atoms with Gasteiger partial charge in [-0.3, -0.25) is 4.79 Å². The van der Waals surface area contributed by atoms with Gasteiger partial charge in [0.1, 0.15) is 23.0 Å². The molecule has 35 heavy (non-hydrogen) atoms. The molecule has 0 aliphatic rings. The van der Waals surface area contributed by atoms with Gasteiger partial charge in [0, 0.05) is 6.42 Å². The molecule has 1 atom stereocenters. The number of carbonyl (C=O) groups is 1. The molecule has 186 valence electrons. The highest BCUT2D eigenvalue weighted by atomic mass is 32.2. The molecule has 3 aromatic rings. The van der Waals surface area contributed by atoms with E-state index in [0.29, 0.717) is 18.8 Å². The standard InChI is InChI=1S/C27H30O6S2/c1-20(28)27(34-18-16-22-7-9-24(29)10-8-22)19-23-5-3-21(4-6-23)15-17-32-25-11-13-26(14-12-25)33-35(2,30)31/h3-14,27,29H,15-19H2,1-2H3. The number of phenolic OH excluding ortho intramolecular Hbond substituents is 1. The lowest BCUT2D eigenvalue weighted by molar-refractivity contribution is -0.116. The average Bonchev–Trinajstić information content (AvgIpc) is 2.81. The fourth-order valence-corrected chi connectivity index (χ4v) is 5.05.